The number of nitrogens with zero attached hydrogens (tertiary/aromatic N) is 3. The number of nitrogens with one attached hydrogen (secondary N) is 2. The molecule has 9 heteroatoms. The fraction of sp³-hybridized carbons (Fsp3) is 0.111. The van der Waals surface area contributed by atoms with Crippen molar-refractivity contribution in [3.8, 4) is 11.4 Å². The minimum Gasteiger partial charge on any atom is -0.326 e. The second kappa shape index (κ2) is 6.81. The average Bonchev–Trinajstić information content (AvgIpc) is 3.17. The molecule has 1 atom stereocenters. The van der Waals surface area contributed by atoms with Gasteiger partial charge >= 0.3 is 0 Å². The largest absolute Gasteiger partial charge is 0.326 e. The molecule has 1 aromatic heterocycles. The number of aromatic nitrogens is 3. The minimum absolute atomic E-state index is 0.125. The summed E-state index contributed by atoms with van der Waals surface area (Å²) >= 11 is 5.88. The first kappa shape index (κ1) is 17.2. The molecule has 0 bridgehead atoms. The molecule has 0 radical (unpaired) electrons. The molecule has 27 heavy (non-hydrogen) atoms. The van der Waals surface area contributed by atoms with Crippen LogP contribution in [0.15, 0.2) is 48.5 Å². The van der Waals surface area contributed by atoms with Crippen molar-refractivity contribution in [3.05, 3.63) is 59.4 Å². The van der Waals surface area contributed by atoms with Crippen LogP contribution in [0.3, 0.4) is 0 Å². The van der Waals surface area contributed by atoms with Crippen LogP contribution in [0.5, 0.6) is 0 Å². The van der Waals surface area contributed by atoms with Crippen LogP contribution in [-0.2, 0) is 9.59 Å². The zero-order valence-electron chi connectivity index (χ0n) is 13.8. The van der Waals surface area contributed by atoms with Crippen LogP contribution in [0.1, 0.15) is 12.5 Å². The van der Waals surface area contributed by atoms with E-state index < -0.39 is 17.8 Å². The molecule has 1 aliphatic rings. The Morgan fingerprint density at radius 3 is 2.59 bits per heavy atom. The Morgan fingerprint density at radius 2 is 1.89 bits per heavy atom. The fourth-order valence-electron chi connectivity index (χ4n) is 2.75. The van der Waals surface area contributed by atoms with Crippen molar-refractivity contribution >= 4 is 35.1 Å². The first-order valence-corrected chi connectivity index (χ1v) is 8.46. The molecule has 4 rings (SSSR count). The Balaban J connectivity index is 1.51. The van der Waals surface area contributed by atoms with Crippen LogP contribution in [0.2, 0.25) is 5.02 Å². The normalized spacial score (nSPS) is 15.3. The third kappa shape index (κ3) is 3.52. The smallest absolute Gasteiger partial charge is 0.252 e. The SMILES string of the molecule is O=C(C[C@@H]1C(=O)Nc2nc(-c3ccc(Cl)cc3)nn21)Nc1ccc(F)cc1. The lowest BCUT2D eigenvalue weighted by Gasteiger charge is -2.10. The highest BCUT2D eigenvalue weighted by atomic mass is 35.5. The monoisotopic (exact) mass is 385 g/mol. The predicted octanol–water partition coefficient (Wildman–Crippen LogP) is 3.26. The summed E-state index contributed by atoms with van der Waals surface area (Å²) < 4.78 is 14.3. The molecular weight excluding hydrogens is 373 g/mol. The van der Waals surface area contributed by atoms with E-state index in [0.29, 0.717) is 16.5 Å². The standard InChI is InChI=1S/C18H13ClFN5O2/c19-11-3-1-10(2-4-11)16-22-18-23-17(27)14(25(18)24-16)9-15(26)21-13-7-5-12(20)6-8-13/h1-8,14H,9H2,(H,21,26)(H,22,23,24,27)/t14-/m1/s1. The Morgan fingerprint density at radius 1 is 1.19 bits per heavy atom. The van der Waals surface area contributed by atoms with Crippen molar-refractivity contribution in [2.75, 3.05) is 10.6 Å². The van der Waals surface area contributed by atoms with Crippen LogP contribution in [0, 0.1) is 5.82 Å². The molecule has 0 saturated heterocycles. The molecule has 2 amide bonds. The fourth-order valence-corrected chi connectivity index (χ4v) is 2.88. The van der Waals surface area contributed by atoms with Gasteiger partial charge < -0.3 is 5.32 Å². The molecular formula is C18H13ClFN5O2. The maximum Gasteiger partial charge on any atom is 0.252 e. The topological polar surface area (TPSA) is 88.9 Å². The van der Waals surface area contributed by atoms with E-state index in [1.165, 1.54) is 28.9 Å². The molecule has 0 spiro atoms. The molecule has 3 aromatic rings. The highest BCUT2D eigenvalue weighted by molar-refractivity contribution is 6.30. The Labute approximate surface area is 158 Å². The predicted molar refractivity (Wildman–Crippen MR) is 97.8 cm³/mol. The van der Waals surface area contributed by atoms with E-state index in [4.69, 9.17) is 11.6 Å². The molecule has 0 unspecified atom stereocenters. The van der Waals surface area contributed by atoms with Crippen LogP contribution >= 0.6 is 11.6 Å². The molecule has 2 heterocycles. The Kier molecular flexibility index (Phi) is 4.33. The van der Waals surface area contributed by atoms with Gasteiger partial charge in [0.15, 0.2) is 5.82 Å². The molecule has 7 nitrogen and oxygen atoms in total. The van der Waals surface area contributed by atoms with E-state index in [-0.39, 0.29) is 18.3 Å². The van der Waals surface area contributed by atoms with Crippen molar-refractivity contribution in [2.24, 2.45) is 0 Å². The number of anilines is 2. The molecule has 0 aliphatic carbocycles. The maximum absolute atomic E-state index is 12.9. The average molecular weight is 386 g/mol. The first-order valence-electron chi connectivity index (χ1n) is 8.08. The van der Waals surface area contributed by atoms with Crippen molar-refractivity contribution < 1.29 is 14.0 Å². The summed E-state index contributed by atoms with van der Waals surface area (Å²) in [6.07, 6.45) is -0.125. The summed E-state index contributed by atoms with van der Waals surface area (Å²) in [7, 11) is 0. The van der Waals surface area contributed by atoms with E-state index in [0.717, 1.165) is 5.56 Å². The molecule has 1 aliphatic heterocycles. The van der Waals surface area contributed by atoms with Gasteiger partial charge in [-0.15, -0.1) is 5.10 Å². The van der Waals surface area contributed by atoms with Gasteiger partial charge in [-0.1, -0.05) is 11.6 Å². The van der Waals surface area contributed by atoms with Gasteiger partial charge in [-0.2, -0.15) is 4.98 Å². The lowest BCUT2D eigenvalue weighted by Crippen LogP contribution is -2.23. The van der Waals surface area contributed by atoms with Crippen LogP contribution in [0.4, 0.5) is 16.0 Å². The number of amides is 2. The number of benzene rings is 2. The summed E-state index contributed by atoms with van der Waals surface area (Å²) in [6.45, 7) is 0. The van der Waals surface area contributed by atoms with E-state index in [9.17, 15) is 14.0 Å². The van der Waals surface area contributed by atoms with Crippen molar-refractivity contribution in [3.63, 3.8) is 0 Å². The van der Waals surface area contributed by atoms with E-state index >= 15 is 0 Å². The molecule has 0 saturated carbocycles. The number of rotatable bonds is 4. The second-order valence-electron chi connectivity index (χ2n) is 5.97. The Hall–Kier alpha value is -3.26. The van der Waals surface area contributed by atoms with E-state index in [1.54, 1.807) is 24.3 Å². The number of carbonyl (C=O) groups is 2. The summed E-state index contributed by atoms with van der Waals surface area (Å²) in [6, 6.07) is 11.5. The maximum atomic E-state index is 12.9. The van der Waals surface area contributed by atoms with E-state index in [2.05, 4.69) is 20.7 Å². The molecule has 2 N–H and O–H groups in total. The first-order chi connectivity index (χ1) is 13.0. The number of halogens is 2. The van der Waals surface area contributed by atoms with Gasteiger partial charge in [0.05, 0.1) is 6.42 Å². The van der Waals surface area contributed by atoms with Gasteiger partial charge in [-0.25, -0.2) is 9.07 Å². The Bertz CT molecular complexity index is 1020. The van der Waals surface area contributed by atoms with Gasteiger partial charge in [0.25, 0.3) is 5.91 Å². The minimum atomic E-state index is -0.811. The quantitative estimate of drug-likeness (QED) is 0.721. The lowest BCUT2D eigenvalue weighted by molar-refractivity contribution is -0.123. The lowest BCUT2D eigenvalue weighted by atomic mass is 10.2. The zero-order valence-corrected chi connectivity index (χ0v) is 14.6. The summed E-state index contributed by atoms with van der Waals surface area (Å²) in [5.41, 5.74) is 1.19. The van der Waals surface area contributed by atoms with Crippen LogP contribution in [0.25, 0.3) is 11.4 Å². The molecule has 0 fully saturated rings. The van der Waals surface area contributed by atoms with Crippen molar-refractivity contribution in [1.29, 1.82) is 0 Å². The summed E-state index contributed by atoms with van der Waals surface area (Å²) in [4.78, 5) is 28.7. The van der Waals surface area contributed by atoms with Gasteiger partial charge in [0.1, 0.15) is 11.9 Å². The number of hydrogen-bond donors (Lipinski definition) is 2. The third-order valence-corrected chi connectivity index (χ3v) is 4.33. The van der Waals surface area contributed by atoms with E-state index in [1.807, 2.05) is 0 Å². The van der Waals surface area contributed by atoms with Crippen LogP contribution in [-0.4, -0.2) is 26.6 Å². The van der Waals surface area contributed by atoms with Gasteiger partial charge in [-0.3, -0.25) is 14.9 Å². The summed E-state index contributed by atoms with van der Waals surface area (Å²) in [5, 5.41) is 10.2. The third-order valence-electron chi connectivity index (χ3n) is 4.07. The number of fused-ring (bicyclic) bond motifs is 1. The van der Waals surface area contributed by atoms with Crippen LogP contribution < -0.4 is 10.6 Å². The zero-order chi connectivity index (χ0) is 19.0. The van der Waals surface area contributed by atoms with Gasteiger partial charge in [0.2, 0.25) is 11.9 Å². The molecule has 136 valence electrons. The highest BCUT2D eigenvalue weighted by Gasteiger charge is 2.35. The molecule has 2 aromatic carbocycles. The van der Waals surface area contributed by atoms with Crippen molar-refractivity contribution in [1.82, 2.24) is 14.8 Å². The number of carbonyl (C=O) groups excluding carboxylic acids is 2. The second-order valence-corrected chi connectivity index (χ2v) is 6.41. The van der Waals surface area contributed by atoms with Gasteiger partial charge in [0, 0.05) is 16.3 Å². The number of hydrogen-bond acceptors (Lipinski definition) is 4. The van der Waals surface area contributed by atoms with Gasteiger partial charge in [-0.05, 0) is 48.5 Å². The summed E-state index contributed by atoms with van der Waals surface area (Å²) in [5.74, 6) is -0.444. The van der Waals surface area contributed by atoms with Crippen molar-refractivity contribution in [2.45, 2.75) is 12.5 Å². The highest BCUT2D eigenvalue weighted by Crippen LogP contribution is 2.29.